The van der Waals surface area contributed by atoms with Crippen LogP contribution < -0.4 is 0 Å². The molecule has 0 saturated carbocycles. The van der Waals surface area contributed by atoms with Crippen LogP contribution in [0.15, 0.2) is 0 Å². The lowest BCUT2D eigenvalue weighted by molar-refractivity contribution is 0.0284. The second kappa shape index (κ2) is 7.38. The first kappa shape index (κ1) is 19.3. The molecule has 0 aliphatic carbocycles. The van der Waals surface area contributed by atoms with Crippen LogP contribution >= 0.6 is 0 Å². The van der Waals surface area contributed by atoms with E-state index in [1.54, 1.807) is 0 Å². The zero-order valence-electron chi connectivity index (χ0n) is 13.2. The molecule has 0 saturated heterocycles. The molecule has 0 aromatic rings. The van der Waals surface area contributed by atoms with Gasteiger partial charge in [-0.05, 0) is 44.9 Å². The Hall–Kier alpha value is -0.0800. The van der Waals surface area contributed by atoms with Gasteiger partial charge in [-0.3, -0.25) is 0 Å². The normalized spacial score (nSPS) is 13.1. The summed E-state index contributed by atoms with van der Waals surface area (Å²) in [7, 11) is 0. The van der Waals surface area contributed by atoms with Gasteiger partial charge in [-0.25, -0.2) is 0 Å². The van der Waals surface area contributed by atoms with Gasteiger partial charge in [0.2, 0.25) is 0 Å². The largest absolute Gasteiger partial charge is 0.390 e. The molecule has 0 rings (SSSR count). The molecule has 0 spiro atoms. The first-order valence-electron chi connectivity index (χ1n) is 6.84. The highest BCUT2D eigenvalue weighted by Crippen LogP contribution is 2.26. The van der Waals surface area contributed by atoms with Crippen molar-refractivity contribution in [1.29, 1.82) is 0 Å². The minimum absolute atomic E-state index is 0.234. The fraction of sp³-hybridized carbons (Fsp3) is 1.00. The standard InChI is InChI=1S/C8H18O.C7H16O/c1-7(2,3)6-8(4,5)9;1-4-7(8,5-2)6-3/h9H,6H2,1-5H3;8H,4-6H2,1-3H3. The maximum Gasteiger partial charge on any atom is 0.0640 e. The molecule has 0 heterocycles. The van der Waals surface area contributed by atoms with E-state index in [9.17, 15) is 10.2 Å². The van der Waals surface area contributed by atoms with Crippen molar-refractivity contribution in [3.8, 4) is 0 Å². The molecule has 0 aromatic heterocycles. The Morgan fingerprint density at radius 1 is 0.706 bits per heavy atom. The Morgan fingerprint density at radius 2 is 1.00 bits per heavy atom. The molecule has 0 aromatic carbocycles. The lowest BCUT2D eigenvalue weighted by Gasteiger charge is -2.27. The van der Waals surface area contributed by atoms with E-state index in [1.807, 2.05) is 34.6 Å². The molecule has 2 nitrogen and oxygen atoms in total. The maximum absolute atomic E-state index is 9.44. The smallest absolute Gasteiger partial charge is 0.0640 e. The van der Waals surface area contributed by atoms with Gasteiger partial charge in [-0.15, -0.1) is 0 Å². The lowest BCUT2D eigenvalue weighted by Crippen LogP contribution is -2.25. The van der Waals surface area contributed by atoms with Gasteiger partial charge in [0.15, 0.2) is 0 Å². The van der Waals surface area contributed by atoms with Gasteiger partial charge in [-0.2, -0.15) is 0 Å². The van der Waals surface area contributed by atoms with Crippen LogP contribution in [0, 0.1) is 5.41 Å². The van der Waals surface area contributed by atoms with Crippen molar-refractivity contribution in [1.82, 2.24) is 0 Å². The Kier molecular flexibility index (Phi) is 8.36. The van der Waals surface area contributed by atoms with E-state index in [2.05, 4.69) is 20.8 Å². The molecule has 17 heavy (non-hydrogen) atoms. The highest BCUT2D eigenvalue weighted by Gasteiger charge is 2.21. The van der Waals surface area contributed by atoms with Gasteiger partial charge in [0.05, 0.1) is 11.2 Å². The molecule has 0 fully saturated rings. The molecule has 0 unspecified atom stereocenters. The van der Waals surface area contributed by atoms with Crippen molar-refractivity contribution < 1.29 is 10.2 Å². The summed E-state index contributed by atoms with van der Waals surface area (Å²) in [6, 6.07) is 0. The summed E-state index contributed by atoms with van der Waals surface area (Å²) in [6.45, 7) is 16.1. The van der Waals surface area contributed by atoms with E-state index in [1.165, 1.54) is 0 Å². The zero-order chi connectivity index (χ0) is 14.3. The minimum Gasteiger partial charge on any atom is -0.390 e. The van der Waals surface area contributed by atoms with Crippen LogP contribution in [0.1, 0.15) is 81.1 Å². The first-order valence-corrected chi connectivity index (χ1v) is 6.84. The van der Waals surface area contributed by atoms with Crippen molar-refractivity contribution in [2.75, 3.05) is 0 Å². The average molecular weight is 246 g/mol. The molecule has 0 bridgehead atoms. The molecular formula is C15H34O2. The van der Waals surface area contributed by atoms with Crippen molar-refractivity contribution in [2.45, 2.75) is 92.3 Å². The predicted molar refractivity (Wildman–Crippen MR) is 76.2 cm³/mol. The van der Waals surface area contributed by atoms with E-state index in [0.29, 0.717) is 0 Å². The van der Waals surface area contributed by atoms with E-state index in [4.69, 9.17) is 0 Å². The fourth-order valence-corrected chi connectivity index (χ4v) is 2.05. The Morgan fingerprint density at radius 3 is 1.00 bits per heavy atom. The van der Waals surface area contributed by atoms with Gasteiger partial charge in [-0.1, -0.05) is 41.5 Å². The average Bonchev–Trinajstić information content (AvgIpc) is 2.12. The number of rotatable bonds is 4. The second-order valence-corrected chi connectivity index (χ2v) is 6.83. The number of hydrogen-bond donors (Lipinski definition) is 2. The minimum atomic E-state index is -0.516. The zero-order valence-corrected chi connectivity index (χ0v) is 13.2. The maximum atomic E-state index is 9.44. The van der Waals surface area contributed by atoms with Gasteiger partial charge < -0.3 is 10.2 Å². The van der Waals surface area contributed by atoms with Crippen molar-refractivity contribution in [3.63, 3.8) is 0 Å². The molecule has 106 valence electrons. The fourth-order valence-electron chi connectivity index (χ4n) is 2.05. The van der Waals surface area contributed by atoms with E-state index in [0.717, 1.165) is 25.7 Å². The molecule has 2 heteroatoms. The van der Waals surface area contributed by atoms with Crippen molar-refractivity contribution in [3.05, 3.63) is 0 Å². The Balaban J connectivity index is 0. The molecule has 0 amide bonds. The second-order valence-electron chi connectivity index (χ2n) is 6.83. The van der Waals surface area contributed by atoms with Crippen LogP contribution in [-0.2, 0) is 0 Å². The van der Waals surface area contributed by atoms with Gasteiger partial charge in [0.1, 0.15) is 0 Å². The third-order valence-electron chi connectivity index (χ3n) is 2.94. The summed E-state index contributed by atoms with van der Waals surface area (Å²) >= 11 is 0. The molecule has 0 atom stereocenters. The summed E-state index contributed by atoms with van der Waals surface area (Å²) in [6.07, 6.45) is 3.47. The van der Waals surface area contributed by atoms with E-state index >= 15 is 0 Å². The monoisotopic (exact) mass is 246 g/mol. The van der Waals surface area contributed by atoms with Crippen LogP contribution in [0.4, 0.5) is 0 Å². The first-order chi connectivity index (χ1) is 7.39. The van der Waals surface area contributed by atoms with E-state index in [-0.39, 0.29) is 11.0 Å². The Bertz CT molecular complexity index is 160. The van der Waals surface area contributed by atoms with Gasteiger partial charge >= 0.3 is 0 Å². The summed E-state index contributed by atoms with van der Waals surface area (Å²) in [5.74, 6) is 0. The molecule has 0 radical (unpaired) electrons. The lowest BCUT2D eigenvalue weighted by atomic mass is 9.84. The van der Waals surface area contributed by atoms with Gasteiger partial charge in [0, 0.05) is 0 Å². The van der Waals surface area contributed by atoms with Crippen LogP contribution in [-0.4, -0.2) is 21.4 Å². The SMILES string of the molecule is CC(C)(C)CC(C)(C)O.CCC(O)(CC)CC. The highest BCUT2D eigenvalue weighted by atomic mass is 16.3. The molecule has 2 N–H and O–H groups in total. The van der Waals surface area contributed by atoms with Crippen LogP contribution in [0.3, 0.4) is 0 Å². The topological polar surface area (TPSA) is 40.5 Å². The molecule has 0 aliphatic rings. The highest BCUT2D eigenvalue weighted by molar-refractivity contribution is 4.74. The van der Waals surface area contributed by atoms with Crippen LogP contribution in [0.2, 0.25) is 0 Å². The van der Waals surface area contributed by atoms with Crippen molar-refractivity contribution >= 4 is 0 Å². The van der Waals surface area contributed by atoms with E-state index < -0.39 is 5.60 Å². The predicted octanol–water partition coefficient (Wildman–Crippen LogP) is 4.14. The number of aliphatic hydroxyl groups is 2. The van der Waals surface area contributed by atoms with Crippen LogP contribution in [0.5, 0.6) is 0 Å². The third-order valence-corrected chi connectivity index (χ3v) is 2.94. The third kappa shape index (κ3) is 13.9. The Labute approximate surface area is 108 Å². The molecular weight excluding hydrogens is 212 g/mol. The molecule has 0 aliphatic heterocycles. The van der Waals surface area contributed by atoms with Crippen LogP contribution in [0.25, 0.3) is 0 Å². The van der Waals surface area contributed by atoms with Gasteiger partial charge in [0.25, 0.3) is 0 Å². The summed E-state index contributed by atoms with van der Waals surface area (Å²) in [5.41, 5.74) is -0.656. The van der Waals surface area contributed by atoms with Crippen molar-refractivity contribution in [2.24, 2.45) is 5.41 Å². The summed E-state index contributed by atoms with van der Waals surface area (Å²) in [5, 5.41) is 18.8. The summed E-state index contributed by atoms with van der Waals surface area (Å²) < 4.78 is 0. The quantitative estimate of drug-likeness (QED) is 0.782. The summed E-state index contributed by atoms with van der Waals surface area (Å²) in [4.78, 5) is 0. The number of hydrogen-bond acceptors (Lipinski definition) is 2.